The lowest BCUT2D eigenvalue weighted by molar-refractivity contribution is 0.0138. The number of rotatable bonds is 5. The Balaban J connectivity index is 1.46. The molecule has 140 valence electrons. The van der Waals surface area contributed by atoms with Gasteiger partial charge in [-0.05, 0) is 30.9 Å². The number of aromatic nitrogens is 1. The molecule has 4 rings (SSSR count). The third-order valence-corrected chi connectivity index (χ3v) is 6.23. The highest BCUT2D eigenvalue weighted by Crippen LogP contribution is 2.28. The number of hydrogen-bond donors (Lipinski definition) is 1. The summed E-state index contributed by atoms with van der Waals surface area (Å²) in [7, 11) is 0. The Kier molecular flexibility index (Phi) is 5.83. The predicted octanol–water partition coefficient (Wildman–Crippen LogP) is 3.44. The fourth-order valence-electron chi connectivity index (χ4n) is 4.91. The maximum absolute atomic E-state index is 9.60. The Morgan fingerprint density at radius 3 is 2.73 bits per heavy atom. The molecular formula is C22H31N3O. The van der Waals surface area contributed by atoms with Crippen molar-refractivity contribution in [2.24, 2.45) is 0 Å². The van der Waals surface area contributed by atoms with Crippen molar-refractivity contribution in [3.8, 4) is 0 Å². The molecule has 0 amide bonds. The molecule has 1 saturated heterocycles. The molecule has 1 aliphatic carbocycles. The van der Waals surface area contributed by atoms with Crippen LogP contribution in [0.1, 0.15) is 44.1 Å². The van der Waals surface area contributed by atoms with Gasteiger partial charge in [0, 0.05) is 56.5 Å². The summed E-state index contributed by atoms with van der Waals surface area (Å²) in [6.45, 7) is 4.54. The zero-order valence-corrected chi connectivity index (χ0v) is 15.7. The first kappa shape index (κ1) is 17.9. The van der Waals surface area contributed by atoms with E-state index in [4.69, 9.17) is 0 Å². The van der Waals surface area contributed by atoms with Crippen molar-refractivity contribution in [2.75, 3.05) is 26.2 Å². The average Bonchev–Trinajstić information content (AvgIpc) is 2.69. The molecule has 0 bridgehead atoms. The van der Waals surface area contributed by atoms with Gasteiger partial charge < -0.3 is 5.11 Å². The van der Waals surface area contributed by atoms with Gasteiger partial charge in [0.25, 0.3) is 0 Å². The number of aliphatic hydroxyl groups excluding tert-OH is 1. The van der Waals surface area contributed by atoms with Crippen LogP contribution in [-0.2, 0) is 6.54 Å². The van der Waals surface area contributed by atoms with Crippen molar-refractivity contribution in [1.29, 1.82) is 0 Å². The van der Waals surface area contributed by atoms with Crippen LogP contribution in [0, 0.1) is 0 Å². The highest BCUT2D eigenvalue weighted by atomic mass is 16.3. The van der Waals surface area contributed by atoms with Gasteiger partial charge in [0.2, 0.25) is 0 Å². The minimum Gasteiger partial charge on any atom is -0.396 e. The topological polar surface area (TPSA) is 39.6 Å². The molecule has 1 aromatic heterocycles. The number of fused-ring (bicyclic) bond motifs is 1. The van der Waals surface area contributed by atoms with Gasteiger partial charge in [0.15, 0.2) is 0 Å². The number of pyridine rings is 1. The van der Waals surface area contributed by atoms with Crippen molar-refractivity contribution in [3.05, 3.63) is 42.1 Å². The largest absolute Gasteiger partial charge is 0.396 e. The summed E-state index contributed by atoms with van der Waals surface area (Å²) >= 11 is 0. The van der Waals surface area contributed by atoms with Gasteiger partial charge in [0.1, 0.15) is 0 Å². The molecule has 2 fully saturated rings. The zero-order chi connectivity index (χ0) is 17.8. The van der Waals surface area contributed by atoms with Gasteiger partial charge in [-0.3, -0.25) is 14.8 Å². The minimum absolute atomic E-state index is 0.289. The van der Waals surface area contributed by atoms with Gasteiger partial charge in [0.05, 0.1) is 5.52 Å². The summed E-state index contributed by atoms with van der Waals surface area (Å²) in [5, 5.41) is 10.8. The summed E-state index contributed by atoms with van der Waals surface area (Å²) in [4.78, 5) is 9.89. The van der Waals surface area contributed by atoms with Crippen LogP contribution in [-0.4, -0.2) is 58.2 Å². The van der Waals surface area contributed by atoms with Crippen LogP contribution in [0.3, 0.4) is 0 Å². The van der Waals surface area contributed by atoms with Crippen molar-refractivity contribution >= 4 is 10.9 Å². The lowest BCUT2D eigenvalue weighted by Crippen LogP contribution is -2.56. The lowest BCUT2D eigenvalue weighted by atomic mass is 9.91. The number of aliphatic hydroxyl groups is 1. The molecule has 4 nitrogen and oxygen atoms in total. The van der Waals surface area contributed by atoms with Crippen LogP contribution in [0.4, 0.5) is 0 Å². The quantitative estimate of drug-likeness (QED) is 0.894. The molecule has 0 spiro atoms. The van der Waals surface area contributed by atoms with Crippen LogP contribution in [0.25, 0.3) is 10.9 Å². The third kappa shape index (κ3) is 3.93. The number of benzene rings is 1. The van der Waals surface area contributed by atoms with Gasteiger partial charge in [-0.2, -0.15) is 0 Å². The van der Waals surface area contributed by atoms with E-state index in [1.807, 2.05) is 12.3 Å². The van der Waals surface area contributed by atoms with Crippen molar-refractivity contribution < 1.29 is 5.11 Å². The van der Waals surface area contributed by atoms with E-state index in [0.717, 1.165) is 44.2 Å². The average molecular weight is 354 g/mol. The summed E-state index contributed by atoms with van der Waals surface area (Å²) < 4.78 is 0. The van der Waals surface area contributed by atoms with Gasteiger partial charge in [-0.25, -0.2) is 0 Å². The molecular weight excluding hydrogens is 322 g/mol. The molecule has 4 heteroatoms. The molecule has 1 N–H and O–H groups in total. The third-order valence-electron chi connectivity index (χ3n) is 6.23. The maximum atomic E-state index is 9.60. The second-order valence-corrected chi connectivity index (χ2v) is 7.92. The molecule has 1 aliphatic heterocycles. The van der Waals surface area contributed by atoms with Gasteiger partial charge >= 0.3 is 0 Å². The first-order valence-corrected chi connectivity index (χ1v) is 10.3. The van der Waals surface area contributed by atoms with Gasteiger partial charge in [-0.1, -0.05) is 43.5 Å². The van der Waals surface area contributed by atoms with E-state index in [9.17, 15) is 5.11 Å². The smallest absolute Gasteiger partial charge is 0.0746 e. The van der Waals surface area contributed by atoms with Gasteiger partial charge in [-0.15, -0.1) is 0 Å². The Morgan fingerprint density at radius 2 is 1.88 bits per heavy atom. The van der Waals surface area contributed by atoms with Crippen LogP contribution in [0.2, 0.25) is 0 Å². The Morgan fingerprint density at radius 1 is 1.04 bits per heavy atom. The van der Waals surface area contributed by atoms with E-state index in [1.54, 1.807) is 0 Å². The minimum atomic E-state index is 0.289. The molecule has 1 saturated carbocycles. The van der Waals surface area contributed by atoms with Crippen molar-refractivity contribution in [2.45, 2.75) is 57.2 Å². The number of hydrogen-bond acceptors (Lipinski definition) is 4. The second kappa shape index (κ2) is 8.47. The Hall–Kier alpha value is -1.49. The molecule has 26 heavy (non-hydrogen) atoms. The molecule has 2 heterocycles. The maximum Gasteiger partial charge on any atom is 0.0746 e. The monoisotopic (exact) mass is 353 g/mol. The highest BCUT2D eigenvalue weighted by molar-refractivity contribution is 5.81. The van der Waals surface area contributed by atoms with Crippen molar-refractivity contribution in [3.63, 3.8) is 0 Å². The van der Waals surface area contributed by atoms with E-state index in [-0.39, 0.29) is 6.61 Å². The first-order chi connectivity index (χ1) is 12.8. The summed E-state index contributed by atoms with van der Waals surface area (Å²) in [6, 6.07) is 11.9. The van der Waals surface area contributed by atoms with Crippen LogP contribution < -0.4 is 0 Å². The fourth-order valence-corrected chi connectivity index (χ4v) is 4.91. The van der Waals surface area contributed by atoms with Crippen LogP contribution in [0.15, 0.2) is 36.5 Å². The van der Waals surface area contributed by atoms with E-state index < -0.39 is 0 Å². The SMILES string of the molecule is OCC[C@H]1CN(Cc2cccc3cccnc23)CCN1C1CCCCC1. The summed E-state index contributed by atoms with van der Waals surface area (Å²) in [5.41, 5.74) is 2.44. The highest BCUT2D eigenvalue weighted by Gasteiger charge is 2.32. The number of para-hydroxylation sites is 1. The fraction of sp³-hybridized carbons (Fsp3) is 0.591. The first-order valence-electron chi connectivity index (χ1n) is 10.3. The van der Waals surface area contributed by atoms with Crippen LogP contribution in [0.5, 0.6) is 0 Å². The normalized spacial score (nSPS) is 23.5. The molecule has 2 aromatic rings. The number of piperazine rings is 1. The standard InChI is InChI=1S/C22H31N3O/c26-15-11-21-17-24(13-14-25(21)20-9-2-1-3-10-20)16-19-7-4-6-18-8-5-12-23-22(18)19/h4-8,12,20-21,26H,1-3,9-11,13-17H2/t21-/m0/s1. The molecule has 1 aromatic carbocycles. The zero-order valence-electron chi connectivity index (χ0n) is 15.7. The van der Waals surface area contributed by atoms with E-state index in [2.05, 4.69) is 39.0 Å². The summed E-state index contributed by atoms with van der Waals surface area (Å²) in [5.74, 6) is 0. The molecule has 0 unspecified atom stereocenters. The predicted molar refractivity (Wildman–Crippen MR) is 106 cm³/mol. The second-order valence-electron chi connectivity index (χ2n) is 7.92. The lowest BCUT2D eigenvalue weighted by Gasteiger charge is -2.46. The van der Waals surface area contributed by atoms with E-state index >= 15 is 0 Å². The molecule has 2 aliphatic rings. The van der Waals surface area contributed by atoms with E-state index in [0.29, 0.717) is 6.04 Å². The Bertz CT molecular complexity index is 708. The molecule has 1 atom stereocenters. The van der Waals surface area contributed by atoms with E-state index in [1.165, 1.54) is 43.1 Å². The molecule has 0 radical (unpaired) electrons. The van der Waals surface area contributed by atoms with Crippen LogP contribution >= 0.6 is 0 Å². The summed E-state index contributed by atoms with van der Waals surface area (Å²) in [6.07, 6.45) is 9.61. The number of nitrogens with zero attached hydrogens (tertiary/aromatic N) is 3. The Labute approximate surface area is 156 Å². The van der Waals surface area contributed by atoms with Crippen molar-refractivity contribution in [1.82, 2.24) is 14.8 Å².